The monoisotopic (exact) mass is 949 g/mol. The first-order chi connectivity index (χ1) is 31.0. The molecule has 1 saturated heterocycles. The van der Waals surface area contributed by atoms with E-state index >= 15 is 9.59 Å². The fourth-order valence-electron chi connectivity index (χ4n) is 10.7. The zero-order valence-corrected chi connectivity index (χ0v) is 42.8. The summed E-state index contributed by atoms with van der Waals surface area (Å²) in [6.07, 6.45) is -8.49. The van der Waals surface area contributed by atoms with Gasteiger partial charge in [-0.15, -0.1) is 0 Å². The Morgan fingerprint density at radius 2 is 1.49 bits per heavy atom. The van der Waals surface area contributed by atoms with Gasteiger partial charge in [0.15, 0.2) is 25.8 Å². The molecule has 2 aromatic carbocycles. The van der Waals surface area contributed by atoms with Crippen LogP contribution in [0.3, 0.4) is 0 Å². The van der Waals surface area contributed by atoms with E-state index in [4.69, 9.17) is 37.6 Å². The van der Waals surface area contributed by atoms with E-state index < -0.39 is 119 Å². The number of Topliss-reactive ketones (excluding diaryl/α,β-unsaturated/α-hetero) is 1. The molecule has 2 unspecified atom stereocenters. The number of rotatable bonds is 12. The van der Waals surface area contributed by atoms with Gasteiger partial charge in [0.2, 0.25) is 0 Å². The van der Waals surface area contributed by atoms with E-state index in [1.807, 2.05) is 39.9 Å². The average molecular weight is 950 g/mol. The predicted molar refractivity (Wildman–Crippen MR) is 249 cm³/mol. The van der Waals surface area contributed by atoms with Crippen LogP contribution in [0, 0.1) is 16.7 Å². The van der Waals surface area contributed by atoms with Crippen molar-refractivity contribution in [1.82, 2.24) is 5.32 Å². The maximum Gasteiger partial charge on any atom is 0.408 e. The highest BCUT2D eigenvalue weighted by molar-refractivity contribution is 6.74. The molecule has 2 saturated carbocycles. The number of aliphatic hydroxyl groups is 1. The number of amides is 1. The molecule has 67 heavy (non-hydrogen) atoms. The maximum absolute atomic E-state index is 15.8. The SMILES string of the molecule is CO[C@H]1C(=O)[C@@]2(C)C(C(OC(=O)c3ccccc3)[C@]3(O)C[C@H](OC(=O)[C@H](O[Si](C)(C)C(C)(C)C)[C@@H](NC(=O)OC(C)(C)C)c4ccccc4)C(C)=C1C3(C)C)[C@]1(OC(C)=O)CO[C@@H]1C[C@@H]2OC. The van der Waals surface area contributed by atoms with Gasteiger partial charge in [0.25, 0.3) is 0 Å². The number of hydrogen-bond donors (Lipinski definition) is 2. The van der Waals surface area contributed by atoms with Gasteiger partial charge in [-0.2, -0.15) is 0 Å². The van der Waals surface area contributed by atoms with Gasteiger partial charge < -0.3 is 48.0 Å². The molecule has 0 radical (unpaired) electrons. The molecule has 0 spiro atoms. The molecule has 6 rings (SSSR count). The summed E-state index contributed by atoms with van der Waals surface area (Å²) in [5.41, 5.74) is -6.35. The Morgan fingerprint density at radius 1 is 0.896 bits per heavy atom. The van der Waals surface area contributed by atoms with Crippen LogP contribution in [0.1, 0.15) is 111 Å². The van der Waals surface area contributed by atoms with Crippen molar-refractivity contribution in [3.63, 3.8) is 0 Å². The standard InChI is InChI=1S/C51H71NO14Si/c1-29-33(62-44(56)39(66-67(14,15)47(6,7)8)37(31-22-18-16-19-23-31)52-45(57)65-46(3,4)5)27-51(58)42(63-43(55)32-24-20-17-21-25-32)40-49(11,41(54)38(60-13)36(29)48(51,9)10)34(59-12)26-35-50(40,28-61-35)64-30(2)53/h16-25,33-35,37-40,42,58H,26-28H2,1-15H3,(H,52,57)/t33-,34-,35+,37-,38+,39+,40?,42?,49+,50-,51+/m0/s1. The van der Waals surface area contributed by atoms with Gasteiger partial charge in [0.05, 0.1) is 35.6 Å². The van der Waals surface area contributed by atoms with Crippen LogP contribution >= 0.6 is 0 Å². The van der Waals surface area contributed by atoms with Crippen LogP contribution < -0.4 is 5.32 Å². The lowest BCUT2D eigenvalue weighted by Gasteiger charge is -2.67. The smallest absolute Gasteiger partial charge is 0.408 e. The van der Waals surface area contributed by atoms with Crippen molar-refractivity contribution in [2.45, 2.75) is 167 Å². The van der Waals surface area contributed by atoms with Crippen LogP contribution in [0.25, 0.3) is 0 Å². The van der Waals surface area contributed by atoms with Crippen LogP contribution in [-0.4, -0.2) is 117 Å². The summed E-state index contributed by atoms with van der Waals surface area (Å²) in [5.74, 6) is -4.13. The molecule has 368 valence electrons. The average Bonchev–Trinajstić information content (AvgIpc) is 3.23. The van der Waals surface area contributed by atoms with Crippen molar-refractivity contribution in [2.75, 3.05) is 20.8 Å². The molecule has 15 nitrogen and oxygen atoms in total. The molecule has 2 bridgehead atoms. The number of ether oxygens (including phenoxy) is 7. The molecule has 3 fully saturated rings. The maximum atomic E-state index is 15.8. The molecule has 1 amide bonds. The summed E-state index contributed by atoms with van der Waals surface area (Å²) in [5, 5.41) is 16.5. The van der Waals surface area contributed by atoms with Crippen LogP contribution in [0.15, 0.2) is 71.8 Å². The van der Waals surface area contributed by atoms with Gasteiger partial charge in [-0.25, -0.2) is 14.4 Å². The van der Waals surface area contributed by atoms with Crippen LogP contribution in [0.2, 0.25) is 18.1 Å². The van der Waals surface area contributed by atoms with E-state index in [-0.39, 0.29) is 25.0 Å². The number of methoxy groups -OCH3 is 2. The van der Waals surface area contributed by atoms with E-state index in [0.717, 1.165) is 0 Å². The quantitative estimate of drug-likeness (QED) is 0.0915. The van der Waals surface area contributed by atoms with Gasteiger partial charge in [-0.3, -0.25) is 9.59 Å². The van der Waals surface area contributed by atoms with E-state index in [1.54, 1.807) is 103 Å². The first kappa shape index (κ1) is 51.9. The summed E-state index contributed by atoms with van der Waals surface area (Å²) in [6, 6.07) is 16.0. The lowest BCUT2D eigenvalue weighted by molar-refractivity contribution is -0.347. The summed E-state index contributed by atoms with van der Waals surface area (Å²) in [6.45, 7) is 23.2. The number of fused-ring (bicyclic) bond motifs is 5. The second kappa shape index (κ2) is 18.5. The molecule has 16 heteroatoms. The Hall–Kier alpha value is -4.45. The van der Waals surface area contributed by atoms with Crippen molar-refractivity contribution >= 4 is 38.1 Å². The third-order valence-corrected chi connectivity index (χ3v) is 19.7. The predicted octanol–water partition coefficient (Wildman–Crippen LogP) is 7.60. The van der Waals surface area contributed by atoms with Crippen LogP contribution in [-0.2, 0) is 52.0 Å². The van der Waals surface area contributed by atoms with Gasteiger partial charge in [0, 0.05) is 39.4 Å². The summed E-state index contributed by atoms with van der Waals surface area (Å²) < 4.78 is 50.6. The Balaban J connectivity index is 1.58. The molecule has 0 aromatic heterocycles. The number of alkyl carbamates (subject to hydrolysis) is 1. The fourth-order valence-corrected chi connectivity index (χ4v) is 11.9. The third-order valence-electron chi connectivity index (χ3n) is 15.2. The normalized spacial score (nSPS) is 31.3. The lowest BCUT2D eigenvalue weighted by Crippen LogP contribution is -2.82. The molecule has 4 aliphatic rings. The topological polar surface area (TPSA) is 191 Å². The van der Waals surface area contributed by atoms with Gasteiger partial charge >= 0.3 is 24.0 Å². The fraction of sp³-hybridized carbons (Fsp3) is 0.627. The minimum Gasteiger partial charge on any atom is -0.456 e. The van der Waals surface area contributed by atoms with Gasteiger partial charge in [-0.1, -0.05) is 83.1 Å². The molecule has 2 N–H and O–H groups in total. The van der Waals surface area contributed by atoms with E-state index in [9.17, 15) is 19.5 Å². The van der Waals surface area contributed by atoms with Crippen LogP contribution in [0.4, 0.5) is 4.79 Å². The van der Waals surface area contributed by atoms with Crippen molar-refractivity contribution in [1.29, 1.82) is 0 Å². The molecule has 11 atom stereocenters. The molecule has 3 aliphatic carbocycles. The number of ketones is 1. The van der Waals surface area contributed by atoms with Gasteiger partial charge in [0.1, 0.15) is 35.6 Å². The van der Waals surface area contributed by atoms with Crippen molar-refractivity contribution in [3.8, 4) is 0 Å². The Bertz CT molecular complexity index is 2230. The minimum atomic E-state index is -2.88. The zero-order valence-electron chi connectivity index (χ0n) is 41.8. The second-order valence-electron chi connectivity index (χ2n) is 21.8. The molecule has 1 aliphatic heterocycles. The highest BCUT2D eigenvalue weighted by Crippen LogP contribution is 2.65. The van der Waals surface area contributed by atoms with Crippen molar-refractivity contribution in [2.24, 2.45) is 16.7 Å². The molecule has 2 aromatic rings. The van der Waals surface area contributed by atoms with E-state index in [0.29, 0.717) is 16.7 Å². The molecular weight excluding hydrogens is 879 g/mol. The summed E-state index contributed by atoms with van der Waals surface area (Å²) in [7, 11) is -0.0287. The third kappa shape index (κ3) is 9.26. The second-order valence-corrected chi connectivity index (χ2v) is 26.6. The number of nitrogens with one attached hydrogen (secondary N) is 1. The largest absolute Gasteiger partial charge is 0.456 e. The molecular formula is C51H71NO14Si. The number of esters is 3. The lowest BCUT2D eigenvalue weighted by atomic mass is 9.44. The van der Waals surface area contributed by atoms with Gasteiger partial charge in [-0.05, 0) is 81.6 Å². The van der Waals surface area contributed by atoms with Crippen molar-refractivity contribution < 1.29 is 66.7 Å². The number of carbonyl (C=O) groups excluding carboxylic acids is 5. The van der Waals surface area contributed by atoms with E-state index in [2.05, 4.69) is 5.32 Å². The van der Waals surface area contributed by atoms with Crippen LogP contribution in [0.5, 0.6) is 0 Å². The number of carbonyl (C=O) groups is 5. The summed E-state index contributed by atoms with van der Waals surface area (Å²) >= 11 is 0. The first-order valence-corrected chi connectivity index (χ1v) is 25.9. The summed E-state index contributed by atoms with van der Waals surface area (Å²) in [4.78, 5) is 72.6. The highest BCUT2D eigenvalue weighted by atomic mass is 28.4. The zero-order chi connectivity index (χ0) is 49.9. The Labute approximate surface area is 396 Å². The Morgan fingerprint density at radius 3 is 2.00 bits per heavy atom. The first-order valence-electron chi connectivity index (χ1n) is 23.0. The number of hydrogen-bond acceptors (Lipinski definition) is 14. The highest BCUT2D eigenvalue weighted by Gasteiger charge is 2.78. The minimum absolute atomic E-state index is 0.133. The Kier molecular flexibility index (Phi) is 14.3. The number of benzene rings is 2. The van der Waals surface area contributed by atoms with Crippen molar-refractivity contribution in [3.05, 3.63) is 82.9 Å². The molecule has 1 heterocycles. The van der Waals surface area contributed by atoms with E-state index in [1.165, 1.54) is 21.1 Å².